The van der Waals surface area contributed by atoms with E-state index in [0.717, 1.165) is 12.1 Å². The van der Waals surface area contributed by atoms with Crippen molar-refractivity contribution in [1.82, 2.24) is 0 Å². The zero-order valence-corrected chi connectivity index (χ0v) is 6.98. The minimum atomic E-state index is -1.49. The van der Waals surface area contributed by atoms with Gasteiger partial charge in [0.15, 0.2) is 0 Å². The smallest absolute Gasteiger partial charge is 0.337 e. The summed E-state index contributed by atoms with van der Waals surface area (Å²) in [5.74, 6) is -2.76. The number of carbonyl (C=O) groups is 2. The van der Waals surface area contributed by atoms with E-state index >= 15 is 0 Å². The first-order valence-corrected chi connectivity index (χ1v) is 3.57. The van der Waals surface area contributed by atoms with Crippen LogP contribution in [0, 0.1) is 0 Å². The second kappa shape index (κ2) is 3.25. The van der Waals surface area contributed by atoms with Crippen LogP contribution in [-0.2, 0) is 0 Å². The first kappa shape index (κ1) is 9.85. The molecule has 0 saturated heterocycles. The number of nitrogens with two attached hydrogens (primary N) is 2. The predicted molar refractivity (Wildman–Crippen MR) is 46.6 cm³/mol. The molecule has 74 valence electrons. The molecule has 0 spiro atoms. The summed E-state index contributed by atoms with van der Waals surface area (Å²) >= 11 is 0. The molecule has 6 heteroatoms. The standard InChI is InChI=1S/C8H8N2O4/c9-5-1-3(7(11)12)6(10)2-4(5)8(13)14/h1-2H,9-10H2,(H,11,12)(H,13,14)/p-1. The molecule has 0 bridgehead atoms. The van der Waals surface area contributed by atoms with Crippen LogP contribution in [0.5, 0.6) is 0 Å². The molecular formula is C8H7N2O4-. The van der Waals surface area contributed by atoms with E-state index in [0.29, 0.717) is 0 Å². The SMILES string of the molecule is Nc1cc(C(=O)O)c(N)cc1C(=O)[O-]. The molecule has 0 saturated carbocycles. The highest BCUT2D eigenvalue weighted by Crippen LogP contribution is 2.20. The van der Waals surface area contributed by atoms with Crippen molar-refractivity contribution >= 4 is 23.3 Å². The van der Waals surface area contributed by atoms with Crippen LogP contribution < -0.4 is 16.6 Å². The van der Waals surface area contributed by atoms with Crippen molar-refractivity contribution in [2.75, 3.05) is 11.5 Å². The Kier molecular flexibility index (Phi) is 2.29. The van der Waals surface area contributed by atoms with Gasteiger partial charge in [-0.1, -0.05) is 0 Å². The van der Waals surface area contributed by atoms with Gasteiger partial charge >= 0.3 is 5.97 Å². The fourth-order valence-corrected chi connectivity index (χ4v) is 0.995. The minimum absolute atomic E-state index is 0.161. The van der Waals surface area contributed by atoms with Crippen molar-refractivity contribution in [2.24, 2.45) is 0 Å². The van der Waals surface area contributed by atoms with Gasteiger partial charge in [-0.2, -0.15) is 0 Å². The van der Waals surface area contributed by atoms with E-state index in [-0.39, 0.29) is 22.5 Å². The Bertz CT molecular complexity index is 374. The Morgan fingerprint density at radius 3 is 2.00 bits per heavy atom. The van der Waals surface area contributed by atoms with Gasteiger partial charge < -0.3 is 26.5 Å². The quantitative estimate of drug-likeness (QED) is 0.514. The molecule has 6 nitrogen and oxygen atoms in total. The lowest BCUT2D eigenvalue weighted by Crippen LogP contribution is -2.24. The highest BCUT2D eigenvalue weighted by atomic mass is 16.4. The lowest BCUT2D eigenvalue weighted by atomic mass is 10.1. The summed E-state index contributed by atoms with van der Waals surface area (Å²) in [4.78, 5) is 21.0. The number of benzene rings is 1. The molecule has 0 aliphatic rings. The third kappa shape index (κ3) is 1.58. The average molecular weight is 195 g/mol. The fourth-order valence-electron chi connectivity index (χ4n) is 0.995. The lowest BCUT2D eigenvalue weighted by molar-refractivity contribution is -0.254. The number of carbonyl (C=O) groups excluding carboxylic acids is 1. The largest absolute Gasteiger partial charge is 0.545 e. The maximum atomic E-state index is 10.6. The van der Waals surface area contributed by atoms with Gasteiger partial charge in [-0.05, 0) is 12.1 Å². The highest BCUT2D eigenvalue weighted by Gasteiger charge is 2.11. The molecule has 1 aromatic carbocycles. The second-order valence-corrected chi connectivity index (χ2v) is 2.62. The van der Waals surface area contributed by atoms with Crippen LogP contribution in [0.25, 0.3) is 0 Å². The van der Waals surface area contributed by atoms with Crippen LogP contribution in [0.4, 0.5) is 11.4 Å². The van der Waals surface area contributed by atoms with E-state index in [1.807, 2.05) is 0 Å². The molecule has 1 aromatic rings. The van der Waals surface area contributed by atoms with E-state index < -0.39 is 11.9 Å². The Hall–Kier alpha value is -2.24. The maximum Gasteiger partial charge on any atom is 0.337 e. The normalized spacial score (nSPS) is 9.71. The van der Waals surface area contributed by atoms with Crippen molar-refractivity contribution < 1.29 is 19.8 Å². The van der Waals surface area contributed by atoms with Crippen molar-refractivity contribution in [3.05, 3.63) is 23.3 Å². The highest BCUT2D eigenvalue weighted by molar-refractivity contribution is 6.00. The molecule has 5 N–H and O–H groups in total. The topological polar surface area (TPSA) is 129 Å². The molecular weight excluding hydrogens is 188 g/mol. The Morgan fingerprint density at radius 2 is 1.57 bits per heavy atom. The molecule has 0 aromatic heterocycles. The Balaban J connectivity index is 3.38. The van der Waals surface area contributed by atoms with E-state index in [1.165, 1.54) is 0 Å². The monoisotopic (exact) mass is 195 g/mol. The van der Waals surface area contributed by atoms with Crippen LogP contribution in [0.15, 0.2) is 12.1 Å². The van der Waals surface area contributed by atoms with Crippen molar-refractivity contribution in [3.63, 3.8) is 0 Å². The van der Waals surface area contributed by atoms with E-state index in [1.54, 1.807) is 0 Å². The van der Waals surface area contributed by atoms with Gasteiger partial charge in [0.1, 0.15) is 0 Å². The second-order valence-electron chi connectivity index (χ2n) is 2.62. The van der Waals surface area contributed by atoms with Gasteiger partial charge in [-0.15, -0.1) is 0 Å². The van der Waals surface area contributed by atoms with Gasteiger partial charge in [0.25, 0.3) is 0 Å². The van der Waals surface area contributed by atoms with E-state index in [2.05, 4.69) is 0 Å². The number of nitrogen functional groups attached to an aromatic ring is 2. The zero-order valence-electron chi connectivity index (χ0n) is 6.98. The van der Waals surface area contributed by atoms with Gasteiger partial charge in [0, 0.05) is 16.9 Å². The number of aromatic carboxylic acids is 2. The van der Waals surface area contributed by atoms with Crippen molar-refractivity contribution in [3.8, 4) is 0 Å². The molecule has 0 atom stereocenters. The van der Waals surface area contributed by atoms with Gasteiger partial charge in [-0.3, -0.25) is 0 Å². The molecule has 0 unspecified atom stereocenters. The maximum absolute atomic E-state index is 10.6. The number of hydrogen-bond acceptors (Lipinski definition) is 5. The molecule has 0 heterocycles. The molecule has 14 heavy (non-hydrogen) atoms. The number of rotatable bonds is 2. The van der Waals surface area contributed by atoms with Gasteiger partial charge in [0.05, 0.1) is 11.5 Å². The van der Waals surface area contributed by atoms with Crippen molar-refractivity contribution in [1.29, 1.82) is 0 Å². The summed E-state index contributed by atoms with van der Waals surface area (Å²) in [6.45, 7) is 0. The van der Waals surface area contributed by atoms with Crippen LogP contribution in [0.3, 0.4) is 0 Å². The number of carboxylic acids is 2. The molecule has 0 aliphatic heterocycles. The Morgan fingerprint density at radius 1 is 1.14 bits per heavy atom. The summed E-state index contributed by atoms with van der Waals surface area (Å²) in [5.41, 5.74) is 9.70. The zero-order chi connectivity index (χ0) is 10.9. The van der Waals surface area contributed by atoms with E-state index in [9.17, 15) is 14.7 Å². The Labute approximate surface area is 78.8 Å². The summed E-state index contributed by atoms with van der Waals surface area (Å²) < 4.78 is 0. The molecule has 0 radical (unpaired) electrons. The minimum Gasteiger partial charge on any atom is -0.545 e. The summed E-state index contributed by atoms with van der Waals surface area (Å²) in [6.07, 6.45) is 0. The fraction of sp³-hybridized carbons (Fsp3) is 0. The van der Waals surface area contributed by atoms with E-state index in [4.69, 9.17) is 16.6 Å². The van der Waals surface area contributed by atoms with Gasteiger partial charge in [0.2, 0.25) is 0 Å². The van der Waals surface area contributed by atoms with Crippen LogP contribution in [0.1, 0.15) is 20.7 Å². The average Bonchev–Trinajstić information content (AvgIpc) is 2.07. The molecule has 0 aliphatic carbocycles. The van der Waals surface area contributed by atoms with Crippen LogP contribution in [-0.4, -0.2) is 17.0 Å². The third-order valence-electron chi connectivity index (χ3n) is 1.67. The molecule has 0 amide bonds. The first-order valence-electron chi connectivity index (χ1n) is 3.57. The summed E-state index contributed by atoms with van der Waals surface area (Å²) in [5, 5.41) is 19.1. The predicted octanol–water partition coefficient (Wildman–Crippen LogP) is -1.09. The number of anilines is 2. The lowest BCUT2D eigenvalue weighted by Gasteiger charge is -2.09. The first-order chi connectivity index (χ1) is 6.43. The van der Waals surface area contributed by atoms with Crippen LogP contribution in [0.2, 0.25) is 0 Å². The molecule has 1 rings (SSSR count). The van der Waals surface area contributed by atoms with Gasteiger partial charge in [-0.25, -0.2) is 4.79 Å². The van der Waals surface area contributed by atoms with Crippen LogP contribution >= 0.6 is 0 Å². The summed E-state index contributed by atoms with van der Waals surface area (Å²) in [7, 11) is 0. The third-order valence-corrected chi connectivity index (χ3v) is 1.67. The van der Waals surface area contributed by atoms with Crippen molar-refractivity contribution in [2.45, 2.75) is 0 Å². The number of hydrogen-bond donors (Lipinski definition) is 3. The molecule has 0 fully saturated rings. The summed E-state index contributed by atoms with van der Waals surface area (Å²) in [6, 6.07) is 1.96. The number of carboxylic acid groups (broad SMARTS) is 2.